The van der Waals surface area contributed by atoms with Gasteiger partial charge in [-0.1, -0.05) is 12.2 Å². The minimum atomic E-state index is -3.93. The summed E-state index contributed by atoms with van der Waals surface area (Å²) in [5, 5.41) is 2.19. The van der Waals surface area contributed by atoms with Gasteiger partial charge in [0.15, 0.2) is 0 Å². The van der Waals surface area contributed by atoms with Crippen molar-refractivity contribution in [2.45, 2.75) is 19.3 Å². The Bertz CT molecular complexity index is 144. The molecule has 5 heteroatoms. The van der Waals surface area contributed by atoms with Gasteiger partial charge in [0.05, 0.1) is 6.54 Å². The van der Waals surface area contributed by atoms with E-state index >= 15 is 0 Å². The van der Waals surface area contributed by atoms with E-state index in [2.05, 4.69) is 5.32 Å². The van der Waals surface area contributed by atoms with E-state index in [1.54, 1.807) is 19.1 Å². The molecule has 0 rings (SSSR count). The van der Waals surface area contributed by atoms with Crippen molar-refractivity contribution < 1.29 is 17.6 Å². The number of hydrogen-bond acceptors (Lipinski definition) is 1. The first-order valence-electron chi connectivity index (χ1n) is 3.48. The molecule has 0 amide bonds. The number of nitrogens with one attached hydrogen (secondary N) is 1. The maximum Gasteiger partial charge on any atom is 0.319 e. The number of halogens is 4. The Morgan fingerprint density at radius 2 is 2.00 bits per heavy atom. The molecule has 0 aliphatic heterocycles. The molecule has 0 radical (unpaired) electrons. The van der Waals surface area contributed by atoms with Crippen molar-refractivity contribution in [3.05, 3.63) is 12.2 Å². The van der Waals surface area contributed by atoms with E-state index in [1.165, 1.54) is 0 Å². The Morgan fingerprint density at radius 1 is 1.42 bits per heavy atom. The van der Waals surface area contributed by atoms with Crippen LogP contribution in [0.3, 0.4) is 0 Å². The lowest BCUT2D eigenvalue weighted by Crippen LogP contribution is -2.38. The van der Waals surface area contributed by atoms with Gasteiger partial charge in [0.1, 0.15) is 0 Å². The van der Waals surface area contributed by atoms with E-state index in [4.69, 9.17) is 0 Å². The van der Waals surface area contributed by atoms with Crippen LogP contribution in [-0.2, 0) is 0 Å². The highest BCUT2D eigenvalue weighted by atomic mass is 19.3. The van der Waals surface area contributed by atoms with Gasteiger partial charge in [-0.25, -0.2) is 8.78 Å². The first-order chi connectivity index (χ1) is 5.50. The molecule has 0 aromatic heterocycles. The van der Waals surface area contributed by atoms with Crippen LogP contribution >= 0.6 is 0 Å². The average Bonchev–Trinajstić information content (AvgIpc) is 1.98. The molecule has 0 spiro atoms. The van der Waals surface area contributed by atoms with E-state index in [-0.39, 0.29) is 6.54 Å². The first kappa shape index (κ1) is 11.4. The SMILES string of the molecule is C/C=C/CNCC(F)(F)C(F)F. The van der Waals surface area contributed by atoms with E-state index in [1.807, 2.05) is 0 Å². The van der Waals surface area contributed by atoms with E-state index in [0.29, 0.717) is 0 Å². The normalized spacial score (nSPS) is 13.2. The molecule has 0 aromatic rings. The number of allylic oxidation sites excluding steroid dienone is 1. The van der Waals surface area contributed by atoms with Crippen molar-refractivity contribution in [3.8, 4) is 0 Å². The Hall–Kier alpha value is -0.580. The molecule has 0 fully saturated rings. The van der Waals surface area contributed by atoms with Gasteiger partial charge in [0, 0.05) is 6.54 Å². The molecule has 0 aliphatic carbocycles. The summed E-state index contributed by atoms with van der Waals surface area (Å²) in [5.41, 5.74) is 0. The molecule has 0 heterocycles. The predicted octanol–water partition coefficient (Wildman–Crippen LogP) is 2.05. The molecule has 0 unspecified atom stereocenters. The maximum atomic E-state index is 12.1. The average molecular weight is 185 g/mol. The van der Waals surface area contributed by atoms with Crippen LogP contribution in [0.25, 0.3) is 0 Å². The van der Waals surface area contributed by atoms with Crippen LogP contribution in [0.5, 0.6) is 0 Å². The maximum absolute atomic E-state index is 12.1. The topological polar surface area (TPSA) is 12.0 Å². The lowest BCUT2D eigenvalue weighted by molar-refractivity contribution is -0.124. The standard InChI is InChI=1S/C7H11F4N/c1-2-3-4-12-5-7(10,11)6(8)9/h2-3,6,12H,4-5H2,1H3/b3-2+. The zero-order valence-corrected chi connectivity index (χ0v) is 6.66. The monoisotopic (exact) mass is 185 g/mol. The Kier molecular flexibility index (Phi) is 4.89. The van der Waals surface area contributed by atoms with E-state index in [0.717, 1.165) is 0 Å². The highest BCUT2D eigenvalue weighted by Gasteiger charge is 2.39. The molecule has 0 saturated carbocycles. The lowest BCUT2D eigenvalue weighted by Gasteiger charge is -2.14. The predicted molar refractivity (Wildman–Crippen MR) is 38.6 cm³/mol. The van der Waals surface area contributed by atoms with Crippen molar-refractivity contribution in [1.29, 1.82) is 0 Å². The molecular formula is C7H11F4N. The van der Waals surface area contributed by atoms with Crippen LogP contribution in [0.15, 0.2) is 12.2 Å². The summed E-state index contributed by atoms with van der Waals surface area (Å²) in [6.45, 7) is 0.904. The zero-order valence-electron chi connectivity index (χ0n) is 6.66. The fourth-order valence-electron chi connectivity index (χ4n) is 0.517. The molecule has 0 aromatic carbocycles. The molecule has 72 valence electrons. The molecular weight excluding hydrogens is 174 g/mol. The van der Waals surface area contributed by atoms with Crippen LogP contribution < -0.4 is 5.32 Å². The summed E-state index contributed by atoms with van der Waals surface area (Å²) < 4.78 is 47.3. The van der Waals surface area contributed by atoms with Crippen molar-refractivity contribution in [2.24, 2.45) is 0 Å². The van der Waals surface area contributed by atoms with E-state index in [9.17, 15) is 17.6 Å². The second-order valence-corrected chi connectivity index (χ2v) is 2.26. The minimum Gasteiger partial charge on any atom is -0.307 e. The Balaban J connectivity index is 3.61. The van der Waals surface area contributed by atoms with Gasteiger partial charge in [-0.05, 0) is 6.92 Å². The quantitative estimate of drug-likeness (QED) is 0.392. The lowest BCUT2D eigenvalue weighted by atomic mass is 10.3. The van der Waals surface area contributed by atoms with Crippen LogP contribution in [0, 0.1) is 0 Å². The third-order valence-electron chi connectivity index (χ3n) is 1.18. The summed E-state index contributed by atoms with van der Waals surface area (Å²) in [7, 11) is 0. The number of alkyl halides is 4. The zero-order chi connectivity index (χ0) is 9.61. The smallest absolute Gasteiger partial charge is 0.307 e. The van der Waals surface area contributed by atoms with Crippen molar-refractivity contribution in [1.82, 2.24) is 5.32 Å². The van der Waals surface area contributed by atoms with Gasteiger partial charge in [0.25, 0.3) is 0 Å². The highest BCUT2D eigenvalue weighted by molar-refractivity contribution is 4.81. The molecule has 1 N–H and O–H groups in total. The summed E-state index contributed by atoms with van der Waals surface area (Å²) in [6.07, 6.45) is -0.384. The van der Waals surface area contributed by atoms with Crippen LogP contribution in [0.1, 0.15) is 6.92 Å². The van der Waals surface area contributed by atoms with Gasteiger partial charge < -0.3 is 5.32 Å². The van der Waals surface area contributed by atoms with Crippen LogP contribution in [-0.4, -0.2) is 25.4 Å². The largest absolute Gasteiger partial charge is 0.319 e. The van der Waals surface area contributed by atoms with Crippen molar-refractivity contribution >= 4 is 0 Å². The third-order valence-corrected chi connectivity index (χ3v) is 1.18. The minimum absolute atomic E-state index is 0.179. The Labute approximate surface area is 68.5 Å². The van der Waals surface area contributed by atoms with Gasteiger partial charge in [-0.15, -0.1) is 0 Å². The fraction of sp³-hybridized carbons (Fsp3) is 0.714. The molecule has 0 atom stereocenters. The van der Waals surface area contributed by atoms with Crippen LogP contribution in [0.2, 0.25) is 0 Å². The first-order valence-corrected chi connectivity index (χ1v) is 3.48. The van der Waals surface area contributed by atoms with Crippen molar-refractivity contribution in [2.75, 3.05) is 13.1 Å². The second-order valence-electron chi connectivity index (χ2n) is 2.26. The molecule has 0 aliphatic rings. The summed E-state index contributed by atoms with van der Waals surface area (Å²) >= 11 is 0. The molecule has 0 saturated heterocycles. The number of rotatable bonds is 5. The molecule has 1 nitrogen and oxygen atoms in total. The Morgan fingerprint density at radius 3 is 2.42 bits per heavy atom. The third kappa shape index (κ3) is 4.33. The molecule has 12 heavy (non-hydrogen) atoms. The summed E-state index contributed by atoms with van der Waals surface area (Å²) in [4.78, 5) is 0. The fourth-order valence-corrected chi connectivity index (χ4v) is 0.517. The van der Waals surface area contributed by atoms with Gasteiger partial charge in [0.2, 0.25) is 0 Å². The van der Waals surface area contributed by atoms with Gasteiger partial charge in [-0.3, -0.25) is 0 Å². The van der Waals surface area contributed by atoms with E-state index < -0.39 is 18.9 Å². The molecule has 0 bridgehead atoms. The highest BCUT2D eigenvalue weighted by Crippen LogP contribution is 2.21. The van der Waals surface area contributed by atoms with Gasteiger partial charge >= 0.3 is 12.3 Å². The number of hydrogen-bond donors (Lipinski definition) is 1. The summed E-state index contributed by atoms with van der Waals surface area (Å²) in [5.74, 6) is -3.93. The van der Waals surface area contributed by atoms with Gasteiger partial charge in [-0.2, -0.15) is 8.78 Å². The summed E-state index contributed by atoms with van der Waals surface area (Å²) in [6, 6.07) is 0. The second kappa shape index (κ2) is 5.13. The van der Waals surface area contributed by atoms with Crippen molar-refractivity contribution in [3.63, 3.8) is 0 Å². The van der Waals surface area contributed by atoms with Crippen LogP contribution in [0.4, 0.5) is 17.6 Å².